The van der Waals surface area contributed by atoms with Gasteiger partial charge in [-0.25, -0.2) is 0 Å². The minimum Gasteiger partial charge on any atom is -0.504 e. The molecule has 0 aliphatic carbocycles. The molecule has 0 heterocycles. The fraction of sp³-hybridized carbons (Fsp3) is 0.400. The molecule has 5 nitrogen and oxygen atoms in total. The van der Waals surface area contributed by atoms with Crippen LogP contribution in [0.3, 0.4) is 0 Å². The summed E-state index contributed by atoms with van der Waals surface area (Å²) in [6.07, 6.45) is 0. The van der Waals surface area contributed by atoms with Crippen LogP contribution in [0, 0.1) is 0 Å². The minimum atomic E-state index is -4.40. The van der Waals surface area contributed by atoms with Crippen molar-refractivity contribution in [3.63, 3.8) is 0 Å². The maximum absolute atomic E-state index is 10.9. The van der Waals surface area contributed by atoms with Crippen LogP contribution >= 0.6 is 0 Å². The van der Waals surface area contributed by atoms with Crippen molar-refractivity contribution in [2.24, 2.45) is 0 Å². The smallest absolute Gasteiger partial charge is 0.294 e. The zero-order chi connectivity index (χ0) is 12.7. The van der Waals surface area contributed by atoms with Crippen LogP contribution in [0.5, 0.6) is 11.5 Å². The van der Waals surface area contributed by atoms with Gasteiger partial charge >= 0.3 is 0 Å². The zero-order valence-corrected chi connectivity index (χ0v) is 10.0. The normalized spacial score (nSPS) is 12.8. The molecule has 1 rings (SSSR count). The summed E-state index contributed by atoms with van der Waals surface area (Å²) in [5, 5.41) is 19.0. The third kappa shape index (κ3) is 2.45. The highest BCUT2D eigenvalue weighted by Gasteiger charge is 2.24. The van der Waals surface area contributed by atoms with Gasteiger partial charge < -0.3 is 10.2 Å². The van der Waals surface area contributed by atoms with Gasteiger partial charge in [-0.2, -0.15) is 8.42 Å². The first-order valence-corrected chi connectivity index (χ1v) is 6.01. The topological polar surface area (TPSA) is 94.8 Å². The van der Waals surface area contributed by atoms with E-state index in [-0.39, 0.29) is 11.3 Å². The van der Waals surface area contributed by atoms with E-state index in [1.165, 1.54) is 0 Å². The van der Waals surface area contributed by atoms with Crippen molar-refractivity contribution in [1.29, 1.82) is 0 Å². The van der Waals surface area contributed by atoms with Gasteiger partial charge in [0.25, 0.3) is 10.1 Å². The lowest BCUT2D eigenvalue weighted by atomic mass is 9.86. The summed E-state index contributed by atoms with van der Waals surface area (Å²) in [6.45, 7) is 5.24. The molecule has 0 saturated carbocycles. The van der Waals surface area contributed by atoms with Crippen molar-refractivity contribution in [1.82, 2.24) is 0 Å². The van der Waals surface area contributed by atoms with Crippen molar-refractivity contribution < 1.29 is 23.2 Å². The van der Waals surface area contributed by atoms with Gasteiger partial charge in [0.15, 0.2) is 11.5 Å². The van der Waals surface area contributed by atoms with E-state index in [2.05, 4.69) is 0 Å². The van der Waals surface area contributed by atoms with Crippen LogP contribution in [0.4, 0.5) is 0 Å². The predicted molar refractivity (Wildman–Crippen MR) is 58.3 cm³/mol. The summed E-state index contributed by atoms with van der Waals surface area (Å²) in [7, 11) is -4.40. The van der Waals surface area contributed by atoms with E-state index in [1.807, 2.05) is 0 Å². The van der Waals surface area contributed by atoms with Crippen LogP contribution < -0.4 is 0 Å². The molecule has 0 aliphatic rings. The van der Waals surface area contributed by atoms with E-state index in [0.29, 0.717) is 0 Å². The molecular weight excluding hydrogens is 232 g/mol. The molecule has 3 N–H and O–H groups in total. The standard InChI is InChI=1S/C10H14O5S/c1-10(2,3)7-4-6(16(13,14)15)5-8(11)9(7)12/h4-5,11-12H,1-3H3,(H,13,14,15). The number of phenols is 2. The summed E-state index contributed by atoms with van der Waals surface area (Å²) in [5.41, 5.74) is -0.303. The molecule has 1 aromatic rings. The summed E-state index contributed by atoms with van der Waals surface area (Å²) in [5.74, 6) is -0.944. The molecule has 0 aromatic heterocycles. The Labute approximate surface area is 94.1 Å². The van der Waals surface area contributed by atoms with Crippen molar-refractivity contribution in [3.05, 3.63) is 17.7 Å². The van der Waals surface area contributed by atoms with Gasteiger partial charge in [-0.05, 0) is 11.5 Å². The molecule has 0 atom stereocenters. The number of phenolic OH excluding ortho intramolecular Hbond substituents is 2. The van der Waals surface area contributed by atoms with Gasteiger partial charge in [-0.3, -0.25) is 4.55 Å². The number of hydrogen-bond donors (Lipinski definition) is 3. The number of hydrogen-bond acceptors (Lipinski definition) is 4. The maximum Gasteiger partial charge on any atom is 0.294 e. The Morgan fingerprint density at radius 1 is 1.12 bits per heavy atom. The first-order chi connectivity index (χ1) is 7.03. The Hall–Kier alpha value is -1.27. The van der Waals surface area contributed by atoms with E-state index in [9.17, 15) is 18.6 Å². The Morgan fingerprint density at radius 3 is 2.00 bits per heavy atom. The van der Waals surface area contributed by atoms with E-state index in [1.54, 1.807) is 20.8 Å². The molecule has 0 aliphatic heterocycles. The van der Waals surface area contributed by atoms with Gasteiger partial charge in [0, 0.05) is 11.6 Å². The lowest BCUT2D eigenvalue weighted by Crippen LogP contribution is -2.12. The third-order valence-electron chi connectivity index (χ3n) is 2.17. The molecule has 0 unspecified atom stereocenters. The predicted octanol–water partition coefficient (Wildman–Crippen LogP) is 1.64. The van der Waals surface area contributed by atoms with Gasteiger partial charge in [-0.1, -0.05) is 20.8 Å². The van der Waals surface area contributed by atoms with Gasteiger partial charge in [0.1, 0.15) is 0 Å². The first kappa shape index (κ1) is 12.8. The van der Waals surface area contributed by atoms with Crippen LogP contribution in [-0.4, -0.2) is 23.2 Å². The average molecular weight is 246 g/mol. The maximum atomic E-state index is 10.9. The van der Waals surface area contributed by atoms with Crippen LogP contribution in [0.1, 0.15) is 26.3 Å². The lowest BCUT2D eigenvalue weighted by molar-refractivity contribution is 0.386. The SMILES string of the molecule is CC(C)(C)c1cc(S(=O)(=O)O)cc(O)c1O. The van der Waals surface area contributed by atoms with Crippen LogP contribution in [0.25, 0.3) is 0 Å². The fourth-order valence-corrected chi connectivity index (χ4v) is 1.84. The second-order valence-corrected chi connectivity index (χ2v) is 5.99. The molecule has 1 aromatic carbocycles. The monoisotopic (exact) mass is 246 g/mol. The minimum absolute atomic E-state index is 0.250. The molecule has 0 bridgehead atoms. The summed E-state index contributed by atoms with van der Waals surface area (Å²) in [6, 6.07) is 1.95. The van der Waals surface area contributed by atoms with E-state index in [0.717, 1.165) is 12.1 Å². The highest BCUT2D eigenvalue weighted by molar-refractivity contribution is 7.85. The van der Waals surface area contributed by atoms with Gasteiger partial charge in [-0.15, -0.1) is 0 Å². The van der Waals surface area contributed by atoms with Crippen molar-refractivity contribution in [2.45, 2.75) is 31.1 Å². The van der Waals surface area contributed by atoms with Crippen molar-refractivity contribution >= 4 is 10.1 Å². The highest BCUT2D eigenvalue weighted by Crippen LogP contribution is 2.38. The summed E-state index contributed by atoms with van der Waals surface area (Å²) in [4.78, 5) is -0.437. The van der Waals surface area contributed by atoms with Crippen LogP contribution in [0.2, 0.25) is 0 Å². The Morgan fingerprint density at radius 2 is 1.62 bits per heavy atom. The van der Waals surface area contributed by atoms with Gasteiger partial charge in [0.05, 0.1) is 4.90 Å². The number of rotatable bonds is 1. The quantitative estimate of drug-likeness (QED) is 0.517. The Balaban J connectivity index is 3.59. The highest BCUT2D eigenvalue weighted by atomic mass is 32.2. The number of aromatic hydroxyl groups is 2. The van der Waals surface area contributed by atoms with E-state index < -0.39 is 26.2 Å². The molecular formula is C10H14O5S. The third-order valence-corrected chi connectivity index (χ3v) is 3.00. The molecule has 0 fully saturated rings. The van der Waals surface area contributed by atoms with E-state index in [4.69, 9.17) is 4.55 Å². The zero-order valence-electron chi connectivity index (χ0n) is 9.22. The Bertz CT molecular complexity index is 511. The average Bonchev–Trinajstić information content (AvgIpc) is 2.05. The largest absolute Gasteiger partial charge is 0.504 e. The Kier molecular flexibility index (Phi) is 2.91. The first-order valence-electron chi connectivity index (χ1n) is 4.57. The van der Waals surface area contributed by atoms with Crippen molar-refractivity contribution in [2.75, 3.05) is 0 Å². The molecule has 0 radical (unpaired) electrons. The fourth-order valence-electron chi connectivity index (χ4n) is 1.31. The molecule has 0 saturated heterocycles. The molecule has 16 heavy (non-hydrogen) atoms. The molecule has 0 amide bonds. The molecule has 90 valence electrons. The second kappa shape index (κ2) is 3.64. The number of benzene rings is 1. The van der Waals surface area contributed by atoms with Crippen LogP contribution in [0.15, 0.2) is 17.0 Å². The van der Waals surface area contributed by atoms with Crippen molar-refractivity contribution in [3.8, 4) is 11.5 Å². The molecule has 0 spiro atoms. The summed E-state index contributed by atoms with van der Waals surface area (Å²) >= 11 is 0. The van der Waals surface area contributed by atoms with E-state index >= 15 is 0 Å². The van der Waals surface area contributed by atoms with Gasteiger partial charge in [0.2, 0.25) is 0 Å². The van der Waals surface area contributed by atoms with Crippen LogP contribution in [-0.2, 0) is 15.5 Å². The molecule has 6 heteroatoms. The lowest BCUT2D eigenvalue weighted by Gasteiger charge is -2.21. The second-order valence-electron chi connectivity index (χ2n) is 4.56. The summed E-state index contributed by atoms with van der Waals surface area (Å²) < 4.78 is 30.8.